The standard InChI is InChI=1S/C21H24ClN5O3/c1-12(16-11-26-10-14(22)7-8-17(26)23-16)19(28)24-18-9-15(13-5-6-13)25-27(18)20(29)30-21(2,3)4/h7-13H,5-6H2,1-4H3,(H,24,28). The molecule has 1 amide bonds. The van der Waals surface area contributed by atoms with E-state index in [1.165, 1.54) is 0 Å². The van der Waals surface area contributed by atoms with E-state index < -0.39 is 17.6 Å². The van der Waals surface area contributed by atoms with Gasteiger partial charge >= 0.3 is 6.09 Å². The number of carbonyl (C=O) groups excluding carboxylic acids is 2. The molecule has 0 spiro atoms. The van der Waals surface area contributed by atoms with Gasteiger partial charge in [0.25, 0.3) is 0 Å². The lowest BCUT2D eigenvalue weighted by Gasteiger charge is -2.20. The minimum absolute atomic E-state index is 0.295. The van der Waals surface area contributed by atoms with E-state index in [2.05, 4.69) is 15.4 Å². The number of nitrogens with zero attached hydrogens (tertiary/aromatic N) is 4. The van der Waals surface area contributed by atoms with Crippen LogP contribution in [0.3, 0.4) is 0 Å². The zero-order valence-electron chi connectivity index (χ0n) is 17.3. The van der Waals surface area contributed by atoms with Crippen LogP contribution in [0.4, 0.5) is 10.6 Å². The first-order valence-corrected chi connectivity index (χ1v) is 10.3. The first-order chi connectivity index (χ1) is 14.1. The van der Waals surface area contributed by atoms with Gasteiger partial charge in [-0.15, -0.1) is 4.68 Å². The topological polar surface area (TPSA) is 90.5 Å². The molecule has 1 aliphatic carbocycles. The first kappa shape index (κ1) is 20.4. The van der Waals surface area contributed by atoms with Gasteiger partial charge < -0.3 is 14.5 Å². The van der Waals surface area contributed by atoms with Crippen molar-refractivity contribution in [1.82, 2.24) is 19.2 Å². The lowest BCUT2D eigenvalue weighted by molar-refractivity contribution is -0.117. The molecule has 3 aromatic heterocycles. The predicted molar refractivity (Wildman–Crippen MR) is 113 cm³/mol. The first-order valence-electron chi connectivity index (χ1n) is 9.89. The molecule has 158 valence electrons. The van der Waals surface area contributed by atoms with E-state index >= 15 is 0 Å². The molecule has 1 aliphatic rings. The van der Waals surface area contributed by atoms with Gasteiger partial charge in [-0.05, 0) is 52.7 Å². The van der Waals surface area contributed by atoms with E-state index in [-0.39, 0.29) is 5.91 Å². The van der Waals surface area contributed by atoms with Gasteiger partial charge in [-0.25, -0.2) is 9.78 Å². The normalized spacial score (nSPS) is 15.2. The summed E-state index contributed by atoms with van der Waals surface area (Å²) in [5, 5.41) is 7.78. The number of pyridine rings is 1. The van der Waals surface area contributed by atoms with E-state index in [0.717, 1.165) is 23.2 Å². The zero-order chi connectivity index (χ0) is 21.6. The van der Waals surface area contributed by atoms with Gasteiger partial charge in [0.1, 0.15) is 17.1 Å². The van der Waals surface area contributed by atoms with E-state index in [1.807, 2.05) is 0 Å². The number of carbonyl (C=O) groups is 2. The van der Waals surface area contributed by atoms with Crippen molar-refractivity contribution in [2.24, 2.45) is 0 Å². The van der Waals surface area contributed by atoms with Gasteiger partial charge in [0, 0.05) is 24.4 Å². The number of hydrogen-bond donors (Lipinski definition) is 1. The maximum absolute atomic E-state index is 12.9. The summed E-state index contributed by atoms with van der Waals surface area (Å²) in [6.07, 6.45) is 4.93. The van der Waals surface area contributed by atoms with E-state index in [0.29, 0.717) is 28.1 Å². The van der Waals surface area contributed by atoms with Crippen molar-refractivity contribution < 1.29 is 14.3 Å². The maximum atomic E-state index is 12.9. The van der Waals surface area contributed by atoms with Gasteiger partial charge in [-0.2, -0.15) is 5.10 Å². The molecule has 1 saturated carbocycles. The molecule has 3 heterocycles. The van der Waals surface area contributed by atoms with Crippen LogP contribution < -0.4 is 5.32 Å². The fraction of sp³-hybridized carbons (Fsp3) is 0.429. The summed E-state index contributed by atoms with van der Waals surface area (Å²) in [5.74, 6) is -0.216. The molecule has 9 heteroatoms. The summed E-state index contributed by atoms with van der Waals surface area (Å²) in [6.45, 7) is 7.11. The molecule has 0 saturated heterocycles. The minimum atomic E-state index is -0.671. The van der Waals surface area contributed by atoms with Crippen LogP contribution in [-0.4, -0.2) is 36.8 Å². The molecule has 1 fully saturated rings. The van der Waals surface area contributed by atoms with Crippen LogP contribution in [0.25, 0.3) is 5.65 Å². The van der Waals surface area contributed by atoms with E-state index in [4.69, 9.17) is 16.3 Å². The number of hydrogen-bond acceptors (Lipinski definition) is 5. The number of halogens is 1. The van der Waals surface area contributed by atoms with Crippen LogP contribution in [0, 0.1) is 0 Å². The van der Waals surface area contributed by atoms with Crippen LogP contribution in [0.1, 0.15) is 63.8 Å². The van der Waals surface area contributed by atoms with Crippen LogP contribution in [0.2, 0.25) is 5.02 Å². The SMILES string of the molecule is CC(C(=O)Nc1cc(C2CC2)nn1C(=O)OC(C)(C)C)c1cn2cc(Cl)ccc2n1. The Morgan fingerprint density at radius 3 is 2.67 bits per heavy atom. The van der Waals surface area contributed by atoms with Crippen molar-refractivity contribution in [3.05, 3.63) is 47.0 Å². The third kappa shape index (κ3) is 4.33. The van der Waals surface area contributed by atoms with Crippen molar-refractivity contribution >= 4 is 35.1 Å². The van der Waals surface area contributed by atoms with Crippen molar-refractivity contribution in [3.63, 3.8) is 0 Å². The van der Waals surface area contributed by atoms with Crippen LogP contribution >= 0.6 is 11.6 Å². The number of amides is 1. The Morgan fingerprint density at radius 1 is 1.27 bits per heavy atom. The van der Waals surface area contributed by atoms with Crippen molar-refractivity contribution in [2.75, 3.05) is 5.32 Å². The number of fused-ring (bicyclic) bond motifs is 1. The molecule has 30 heavy (non-hydrogen) atoms. The van der Waals surface area contributed by atoms with Crippen LogP contribution in [0.15, 0.2) is 30.6 Å². The molecule has 4 rings (SSSR count). The van der Waals surface area contributed by atoms with Crippen LogP contribution in [-0.2, 0) is 9.53 Å². The molecule has 0 aliphatic heterocycles. The predicted octanol–water partition coefficient (Wildman–Crippen LogP) is 4.59. The van der Waals surface area contributed by atoms with E-state index in [9.17, 15) is 9.59 Å². The lowest BCUT2D eigenvalue weighted by atomic mass is 10.1. The number of nitrogens with one attached hydrogen (secondary N) is 1. The van der Waals surface area contributed by atoms with Gasteiger partial charge in [0.15, 0.2) is 0 Å². The summed E-state index contributed by atoms with van der Waals surface area (Å²) in [4.78, 5) is 30.0. The Balaban J connectivity index is 1.57. The monoisotopic (exact) mass is 429 g/mol. The molecule has 0 aromatic carbocycles. The third-order valence-electron chi connectivity index (χ3n) is 4.81. The highest BCUT2D eigenvalue weighted by Gasteiger charge is 2.31. The molecule has 0 bridgehead atoms. The molecule has 0 radical (unpaired) electrons. The summed E-state index contributed by atoms with van der Waals surface area (Å²) in [6, 6.07) is 5.28. The van der Waals surface area contributed by atoms with Crippen molar-refractivity contribution in [1.29, 1.82) is 0 Å². The van der Waals surface area contributed by atoms with Crippen molar-refractivity contribution in [3.8, 4) is 0 Å². The molecular weight excluding hydrogens is 406 g/mol. The third-order valence-corrected chi connectivity index (χ3v) is 5.04. The van der Waals surface area contributed by atoms with Gasteiger partial charge in [0.05, 0.1) is 22.3 Å². The lowest BCUT2D eigenvalue weighted by Crippen LogP contribution is -2.30. The summed E-state index contributed by atoms with van der Waals surface area (Å²) >= 11 is 6.02. The Kier molecular flexibility index (Phi) is 5.05. The second kappa shape index (κ2) is 7.43. The number of rotatable bonds is 4. The molecule has 1 unspecified atom stereocenters. The molecule has 8 nitrogen and oxygen atoms in total. The maximum Gasteiger partial charge on any atom is 0.437 e. The highest BCUT2D eigenvalue weighted by molar-refractivity contribution is 6.30. The Labute approximate surface area is 179 Å². The number of anilines is 1. The van der Waals surface area contributed by atoms with Crippen molar-refractivity contribution in [2.45, 2.75) is 58.0 Å². The fourth-order valence-corrected chi connectivity index (χ4v) is 3.24. The molecule has 1 atom stereocenters. The summed E-state index contributed by atoms with van der Waals surface area (Å²) in [5.41, 5.74) is 1.41. The van der Waals surface area contributed by atoms with E-state index in [1.54, 1.807) is 62.7 Å². The number of ether oxygens (including phenoxy) is 1. The van der Waals surface area contributed by atoms with Gasteiger partial charge in [-0.1, -0.05) is 11.6 Å². The number of aromatic nitrogens is 4. The second-order valence-corrected chi connectivity index (χ2v) is 9.05. The van der Waals surface area contributed by atoms with Crippen LogP contribution in [0.5, 0.6) is 0 Å². The molecular formula is C21H24ClN5O3. The largest absolute Gasteiger partial charge is 0.442 e. The fourth-order valence-electron chi connectivity index (χ4n) is 3.07. The minimum Gasteiger partial charge on any atom is -0.442 e. The Morgan fingerprint density at radius 2 is 2.00 bits per heavy atom. The number of imidazole rings is 1. The highest BCUT2D eigenvalue weighted by atomic mass is 35.5. The summed E-state index contributed by atoms with van der Waals surface area (Å²) in [7, 11) is 0. The quantitative estimate of drug-likeness (QED) is 0.655. The summed E-state index contributed by atoms with van der Waals surface area (Å²) < 4.78 is 8.35. The second-order valence-electron chi connectivity index (χ2n) is 8.61. The zero-order valence-corrected chi connectivity index (χ0v) is 18.1. The van der Waals surface area contributed by atoms with Gasteiger partial charge in [-0.3, -0.25) is 4.79 Å². The Bertz CT molecular complexity index is 1120. The molecule has 1 N–H and O–H groups in total. The average molecular weight is 430 g/mol. The van der Waals surface area contributed by atoms with Gasteiger partial charge in [0.2, 0.25) is 5.91 Å². The molecule has 3 aromatic rings. The highest BCUT2D eigenvalue weighted by Crippen LogP contribution is 2.40. The average Bonchev–Trinajstić information content (AvgIpc) is 3.28. The smallest absolute Gasteiger partial charge is 0.437 e. The Hall–Kier alpha value is -2.87.